The lowest BCUT2D eigenvalue weighted by Crippen LogP contribution is -2.23. The summed E-state index contributed by atoms with van der Waals surface area (Å²) in [6.45, 7) is 4.00. The van der Waals surface area contributed by atoms with Crippen LogP contribution in [-0.4, -0.2) is 22.4 Å². The lowest BCUT2D eigenvalue weighted by molar-refractivity contribution is 0.0957. The summed E-state index contributed by atoms with van der Waals surface area (Å²) in [6, 6.07) is 11.6. The number of nitrogens with one attached hydrogen (secondary N) is 2. The highest BCUT2D eigenvalue weighted by atomic mass is 16.1. The third kappa shape index (κ3) is 3.35. The molecule has 2 aromatic heterocycles. The molecular formula is C18H16N4O. The molecule has 0 bridgehead atoms. The molecule has 0 fully saturated rings. The Labute approximate surface area is 134 Å². The molecule has 5 heteroatoms. The predicted octanol–water partition coefficient (Wildman–Crippen LogP) is 3.29. The molecule has 2 N–H and O–H groups in total. The van der Waals surface area contributed by atoms with Crippen molar-refractivity contribution >= 4 is 28.2 Å². The number of carbonyl (C=O) groups excluding carboxylic acids is 1. The van der Waals surface area contributed by atoms with Crippen LogP contribution in [0.4, 0.5) is 11.4 Å². The van der Waals surface area contributed by atoms with Gasteiger partial charge in [-0.2, -0.15) is 0 Å². The molecule has 0 atom stereocenters. The Morgan fingerprint density at radius 1 is 1.22 bits per heavy atom. The van der Waals surface area contributed by atoms with E-state index in [1.165, 1.54) is 6.20 Å². The van der Waals surface area contributed by atoms with Crippen LogP contribution in [0, 0.1) is 0 Å². The van der Waals surface area contributed by atoms with Crippen molar-refractivity contribution in [2.45, 2.75) is 0 Å². The van der Waals surface area contributed by atoms with E-state index in [0.717, 1.165) is 22.3 Å². The van der Waals surface area contributed by atoms with E-state index in [1.54, 1.807) is 24.5 Å². The number of anilines is 2. The first kappa shape index (κ1) is 14.7. The van der Waals surface area contributed by atoms with Gasteiger partial charge in [0.1, 0.15) is 0 Å². The summed E-state index contributed by atoms with van der Waals surface area (Å²) in [5, 5.41) is 7.05. The van der Waals surface area contributed by atoms with Gasteiger partial charge in [0, 0.05) is 24.3 Å². The van der Waals surface area contributed by atoms with Gasteiger partial charge in [-0.1, -0.05) is 24.3 Å². The van der Waals surface area contributed by atoms with Gasteiger partial charge in [0.25, 0.3) is 5.91 Å². The molecule has 1 aromatic carbocycles. The molecule has 5 nitrogen and oxygen atoms in total. The van der Waals surface area contributed by atoms with Gasteiger partial charge in [-0.25, -0.2) is 0 Å². The molecule has 0 aliphatic heterocycles. The topological polar surface area (TPSA) is 66.9 Å². The number of amides is 1. The zero-order valence-corrected chi connectivity index (χ0v) is 12.5. The van der Waals surface area contributed by atoms with Gasteiger partial charge >= 0.3 is 0 Å². The van der Waals surface area contributed by atoms with Crippen molar-refractivity contribution in [1.29, 1.82) is 0 Å². The Morgan fingerprint density at radius 2 is 2.09 bits per heavy atom. The average molecular weight is 304 g/mol. The summed E-state index contributed by atoms with van der Waals surface area (Å²) in [4.78, 5) is 20.5. The van der Waals surface area contributed by atoms with Crippen molar-refractivity contribution in [3.63, 3.8) is 0 Å². The molecule has 3 aromatic rings. The van der Waals surface area contributed by atoms with Crippen molar-refractivity contribution in [2.24, 2.45) is 0 Å². The van der Waals surface area contributed by atoms with E-state index in [0.29, 0.717) is 12.1 Å². The van der Waals surface area contributed by atoms with Crippen LogP contribution in [0.3, 0.4) is 0 Å². The number of carbonyl (C=O) groups is 1. The van der Waals surface area contributed by atoms with Crippen LogP contribution >= 0.6 is 0 Å². The molecule has 0 saturated carbocycles. The minimum absolute atomic E-state index is 0.183. The number of pyridine rings is 2. The molecule has 0 radical (unpaired) electrons. The molecule has 0 saturated heterocycles. The minimum atomic E-state index is -0.183. The third-order valence-electron chi connectivity index (χ3n) is 3.32. The average Bonchev–Trinajstić information content (AvgIpc) is 2.60. The number of benzene rings is 1. The van der Waals surface area contributed by atoms with Gasteiger partial charge in [0.15, 0.2) is 0 Å². The van der Waals surface area contributed by atoms with Crippen molar-refractivity contribution in [3.05, 3.63) is 73.2 Å². The summed E-state index contributed by atoms with van der Waals surface area (Å²) in [5.74, 6) is -0.183. The Bertz CT molecular complexity index is 855. The largest absolute Gasteiger partial charge is 0.352 e. The fourth-order valence-electron chi connectivity index (χ4n) is 2.26. The van der Waals surface area contributed by atoms with E-state index >= 15 is 0 Å². The van der Waals surface area contributed by atoms with E-state index in [2.05, 4.69) is 27.2 Å². The van der Waals surface area contributed by atoms with E-state index in [1.807, 2.05) is 30.3 Å². The first-order valence-electron chi connectivity index (χ1n) is 7.23. The highest BCUT2D eigenvalue weighted by Crippen LogP contribution is 2.24. The Balaban J connectivity index is 1.88. The van der Waals surface area contributed by atoms with Crippen LogP contribution in [0.5, 0.6) is 0 Å². The van der Waals surface area contributed by atoms with Gasteiger partial charge in [0.05, 0.1) is 28.7 Å². The SMILES string of the molecule is C=CCNC(=O)c1cncc(Nc2cccc3cccnc23)c1. The molecule has 23 heavy (non-hydrogen) atoms. The van der Waals surface area contributed by atoms with Crippen LogP contribution in [0.2, 0.25) is 0 Å². The smallest absolute Gasteiger partial charge is 0.253 e. The van der Waals surface area contributed by atoms with Crippen molar-refractivity contribution in [1.82, 2.24) is 15.3 Å². The summed E-state index contributed by atoms with van der Waals surface area (Å²) < 4.78 is 0. The zero-order chi connectivity index (χ0) is 16.1. The number of para-hydroxylation sites is 1. The van der Waals surface area contributed by atoms with Crippen LogP contribution in [-0.2, 0) is 0 Å². The third-order valence-corrected chi connectivity index (χ3v) is 3.32. The van der Waals surface area contributed by atoms with Crippen molar-refractivity contribution < 1.29 is 4.79 Å². The van der Waals surface area contributed by atoms with Crippen molar-refractivity contribution in [3.8, 4) is 0 Å². The van der Waals surface area contributed by atoms with Gasteiger partial charge in [-0.15, -0.1) is 6.58 Å². The lowest BCUT2D eigenvalue weighted by atomic mass is 10.2. The molecule has 114 valence electrons. The number of fused-ring (bicyclic) bond motifs is 1. The van der Waals surface area contributed by atoms with E-state index in [-0.39, 0.29) is 5.91 Å². The van der Waals surface area contributed by atoms with Crippen LogP contribution < -0.4 is 10.6 Å². The Morgan fingerprint density at radius 3 is 2.96 bits per heavy atom. The first-order chi connectivity index (χ1) is 11.3. The normalized spacial score (nSPS) is 10.3. The standard InChI is InChI=1S/C18H16N4O/c1-2-8-21-18(23)14-10-15(12-19-11-14)22-16-7-3-5-13-6-4-9-20-17(13)16/h2-7,9-12,22H,1,8H2,(H,21,23). The van der Waals surface area contributed by atoms with Crippen LogP contribution in [0.1, 0.15) is 10.4 Å². The molecule has 0 aliphatic rings. The van der Waals surface area contributed by atoms with E-state index < -0.39 is 0 Å². The summed E-state index contributed by atoms with van der Waals surface area (Å²) in [5.41, 5.74) is 2.96. The summed E-state index contributed by atoms with van der Waals surface area (Å²) in [7, 11) is 0. The highest BCUT2D eigenvalue weighted by Gasteiger charge is 2.07. The molecule has 2 heterocycles. The second-order valence-electron chi connectivity index (χ2n) is 4.97. The van der Waals surface area contributed by atoms with E-state index in [4.69, 9.17) is 0 Å². The maximum atomic E-state index is 12.0. The van der Waals surface area contributed by atoms with Crippen LogP contribution in [0.15, 0.2) is 67.6 Å². The van der Waals surface area contributed by atoms with E-state index in [9.17, 15) is 4.79 Å². The van der Waals surface area contributed by atoms with Gasteiger partial charge in [0.2, 0.25) is 0 Å². The molecular weight excluding hydrogens is 288 g/mol. The van der Waals surface area contributed by atoms with Gasteiger partial charge in [-0.05, 0) is 18.2 Å². The first-order valence-corrected chi connectivity index (χ1v) is 7.23. The van der Waals surface area contributed by atoms with Gasteiger partial charge < -0.3 is 10.6 Å². The maximum absolute atomic E-state index is 12.0. The quantitative estimate of drug-likeness (QED) is 0.710. The van der Waals surface area contributed by atoms with Crippen LogP contribution in [0.25, 0.3) is 10.9 Å². The van der Waals surface area contributed by atoms with Crippen molar-refractivity contribution in [2.75, 3.05) is 11.9 Å². The molecule has 1 amide bonds. The second-order valence-corrected chi connectivity index (χ2v) is 4.97. The molecule has 0 unspecified atom stereocenters. The maximum Gasteiger partial charge on any atom is 0.253 e. The number of rotatable bonds is 5. The summed E-state index contributed by atoms with van der Waals surface area (Å²) in [6.07, 6.45) is 6.59. The Kier molecular flexibility index (Phi) is 4.29. The monoisotopic (exact) mass is 304 g/mol. The fraction of sp³-hybridized carbons (Fsp3) is 0.0556. The number of aromatic nitrogens is 2. The fourth-order valence-corrected chi connectivity index (χ4v) is 2.26. The lowest BCUT2D eigenvalue weighted by Gasteiger charge is -2.10. The second kappa shape index (κ2) is 6.70. The molecule has 3 rings (SSSR count). The minimum Gasteiger partial charge on any atom is -0.352 e. The summed E-state index contributed by atoms with van der Waals surface area (Å²) >= 11 is 0. The number of hydrogen-bond donors (Lipinski definition) is 2. The Hall–Kier alpha value is -3.21. The highest BCUT2D eigenvalue weighted by molar-refractivity contribution is 5.96. The molecule has 0 aliphatic carbocycles. The van der Waals surface area contributed by atoms with Gasteiger partial charge in [-0.3, -0.25) is 14.8 Å². The number of hydrogen-bond acceptors (Lipinski definition) is 4. The number of nitrogens with zero attached hydrogens (tertiary/aromatic N) is 2. The predicted molar refractivity (Wildman–Crippen MR) is 91.8 cm³/mol. The zero-order valence-electron chi connectivity index (χ0n) is 12.5. The molecule has 0 spiro atoms.